The van der Waals surface area contributed by atoms with Gasteiger partial charge in [-0.15, -0.1) is 0 Å². The second-order valence-electron chi connectivity index (χ2n) is 12.7. The van der Waals surface area contributed by atoms with Crippen LogP contribution in [-0.2, 0) is 4.74 Å². The Hall–Kier alpha value is -3.11. The largest absolute Gasteiger partial charge is 0.494 e. The third-order valence-corrected chi connectivity index (χ3v) is 8.75. The van der Waals surface area contributed by atoms with Crippen LogP contribution in [-0.4, -0.2) is 19.2 Å². The summed E-state index contributed by atoms with van der Waals surface area (Å²) in [6.45, 7) is 8.17. The summed E-state index contributed by atoms with van der Waals surface area (Å²) in [5.41, 5.74) is 3.89. The summed E-state index contributed by atoms with van der Waals surface area (Å²) in [5, 5.41) is 0. The lowest BCUT2D eigenvalue weighted by atomic mass is 10.0. The molecule has 4 nitrogen and oxygen atoms in total. The average Bonchev–Trinajstić information content (AvgIpc) is 3.09. The summed E-state index contributed by atoms with van der Waals surface area (Å²) in [4.78, 5) is 12.7. The topological polar surface area (TPSA) is 44.8 Å². The highest BCUT2D eigenvalue weighted by atomic mass is 16.5. The Kier molecular flexibility index (Phi) is 18.9. The van der Waals surface area contributed by atoms with Crippen LogP contribution in [0.1, 0.15) is 152 Å². The van der Waals surface area contributed by atoms with E-state index in [1.807, 2.05) is 36.4 Å². The van der Waals surface area contributed by atoms with Gasteiger partial charge in [0.05, 0.1) is 18.3 Å². The van der Waals surface area contributed by atoms with Gasteiger partial charge < -0.3 is 14.2 Å². The van der Waals surface area contributed by atoms with Crippen LogP contribution in [0.25, 0.3) is 11.1 Å². The van der Waals surface area contributed by atoms with Crippen LogP contribution in [0.4, 0.5) is 0 Å². The van der Waals surface area contributed by atoms with Gasteiger partial charge in [0.15, 0.2) is 0 Å². The molecule has 0 saturated carbocycles. The Morgan fingerprint density at radius 2 is 0.957 bits per heavy atom. The van der Waals surface area contributed by atoms with Gasteiger partial charge in [-0.3, -0.25) is 0 Å². The van der Waals surface area contributed by atoms with Gasteiger partial charge in [0.1, 0.15) is 11.5 Å². The molecule has 3 rings (SSSR count). The molecule has 0 heterocycles. The minimum Gasteiger partial charge on any atom is -0.494 e. The maximum absolute atomic E-state index is 12.7. The molecular formula is C42H60O4. The quantitative estimate of drug-likeness (QED) is 0.0532. The van der Waals surface area contributed by atoms with Crippen LogP contribution in [0.15, 0.2) is 72.8 Å². The third-order valence-electron chi connectivity index (χ3n) is 8.75. The third kappa shape index (κ3) is 15.0. The number of unbranched alkanes of at least 4 members (excludes halogenated alkanes) is 15. The molecule has 1 atom stereocenters. The molecule has 0 bridgehead atoms. The minimum atomic E-state index is -0.371. The maximum Gasteiger partial charge on any atom is 0.343 e. The van der Waals surface area contributed by atoms with E-state index in [1.165, 1.54) is 102 Å². The standard InChI is InChI=1S/C42H60O4/c1-4-6-8-10-12-13-14-16-18-20-34-45-40-29-27-39(28-30-40)42(43)46-41-31-25-38(26-32-41)37-23-21-36(22-24-37)35(3)44-33-19-17-15-11-9-7-5-2/h21-32,35H,4-20,33-34H2,1-3H3. The molecule has 0 radical (unpaired) electrons. The van der Waals surface area contributed by atoms with Crippen molar-refractivity contribution in [3.05, 3.63) is 83.9 Å². The molecule has 4 heteroatoms. The van der Waals surface area contributed by atoms with Crippen LogP contribution in [0, 0.1) is 0 Å². The molecule has 3 aromatic carbocycles. The zero-order valence-corrected chi connectivity index (χ0v) is 29.1. The molecule has 1 unspecified atom stereocenters. The van der Waals surface area contributed by atoms with Gasteiger partial charge in [-0.05, 0) is 72.9 Å². The molecule has 46 heavy (non-hydrogen) atoms. The molecule has 0 aliphatic carbocycles. The van der Waals surface area contributed by atoms with Gasteiger partial charge in [-0.2, -0.15) is 0 Å². The second kappa shape index (κ2) is 23.2. The minimum absolute atomic E-state index is 0.0843. The fourth-order valence-electron chi connectivity index (χ4n) is 5.71. The summed E-state index contributed by atoms with van der Waals surface area (Å²) in [7, 11) is 0. The highest BCUT2D eigenvalue weighted by Crippen LogP contribution is 2.26. The van der Waals surface area contributed by atoms with Crippen LogP contribution < -0.4 is 9.47 Å². The lowest BCUT2D eigenvalue weighted by Crippen LogP contribution is -2.08. The Bertz CT molecular complexity index is 1180. The van der Waals surface area contributed by atoms with Crippen molar-refractivity contribution >= 4 is 5.97 Å². The van der Waals surface area contributed by atoms with E-state index in [4.69, 9.17) is 14.2 Å². The first kappa shape index (κ1) is 37.3. The molecule has 3 aromatic rings. The van der Waals surface area contributed by atoms with Crippen molar-refractivity contribution in [2.75, 3.05) is 13.2 Å². The van der Waals surface area contributed by atoms with Crippen molar-refractivity contribution in [1.82, 2.24) is 0 Å². The van der Waals surface area contributed by atoms with Crippen LogP contribution >= 0.6 is 0 Å². The van der Waals surface area contributed by atoms with Crippen molar-refractivity contribution in [3.8, 4) is 22.6 Å². The van der Waals surface area contributed by atoms with E-state index in [-0.39, 0.29) is 12.1 Å². The molecule has 0 aliphatic heterocycles. The van der Waals surface area contributed by atoms with E-state index in [0.717, 1.165) is 36.3 Å². The Balaban J connectivity index is 1.32. The first-order valence-electron chi connectivity index (χ1n) is 18.4. The Morgan fingerprint density at radius 3 is 1.48 bits per heavy atom. The number of hydrogen-bond donors (Lipinski definition) is 0. The smallest absolute Gasteiger partial charge is 0.343 e. The number of benzene rings is 3. The Morgan fingerprint density at radius 1 is 0.522 bits per heavy atom. The lowest BCUT2D eigenvalue weighted by molar-refractivity contribution is 0.0627. The van der Waals surface area contributed by atoms with Gasteiger partial charge in [0.25, 0.3) is 0 Å². The molecule has 0 spiro atoms. The van der Waals surface area contributed by atoms with Crippen molar-refractivity contribution in [3.63, 3.8) is 0 Å². The molecule has 0 amide bonds. The molecule has 0 saturated heterocycles. The first-order chi connectivity index (χ1) is 22.6. The number of carbonyl (C=O) groups excluding carboxylic acids is 1. The van der Waals surface area contributed by atoms with Gasteiger partial charge >= 0.3 is 5.97 Å². The van der Waals surface area contributed by atoms with Gasteiger partial charge in [0, 0.05) is 6.61 Å². The highest BCUT2D eigenvalue weighted by molar-refractivity contribution is 5.91. The van der Waals surface area contributed by atoms with Crippen molar-refractivity contribution < 1.29 is 19.0 Å². The highest BCUT2D eigenvalue weighted by Gasteiger charge is 2.10. The normalized spacial score (nSPS) is 11.8. The number of ether oxygens (including phenoxy) is 3. The molecule has 0 fully saturated rings. The number of hydrogen-bond acceptors (Lipinski definition) is 4. The van der Waals surface area contributed by atoms with Crippen LogP contribution in [0.2, 0.25) is 0 Å². The molecule has 252 valence electrons. The van der Waals surface area contributed by atoms with E-state index in [0.29, 0.717) is 17.9 Å². The van der Waals surface area contributed by atoms with Crippen LogP contribution in [0.5, 0.6) is 11.5 Å². The fourth-order valence-corrected chi connectivity index (χ4v) is 5.71. The van der Waals surface area contributed by atoms with E-state index >= 15 is 0 Å². The fraction of sp³-hybridized carbons (Fsp3) is 0.548. The van der Waals surface area contributed by atoms with Crippen molar-refractivity contribution in [1.29, 1.82) is 0 Å². The average molecular weight is 629 g/mol. The van der Waals surface area contributed by atoms with E-state index in [2.05, 4.69) is 45.0 Å². The SMILES string of the molecule is CCCCCCCCCCCCOc1ccc(C(=O)Oc2ccc(-c3ccc(C(C)OCCCCCCCCC)cc3)cc2)cc1. The predicted octanol–water partition coefficient (Wildman–Crippen LogP) is 12.7. The van der Waals surface area contributed by atoms with E-state index in [9.17, 15) is 4.79 Å². The predicted molar refractivity (Wildman–Crippen MR) is 193 cm³/mol. The van der Waals surface area contributed by atoms with E-state index in [1.54, 1.807) is 12.1 Å². The van der Waals surface area contributed by atoms with E-state index < -0.39 is 0 Å². The number of rotatable bonds is 25. The second-order valence-corrected chi connectivity index (χ2v) is 12.7. The summed E-state index contributed by atoms with van der Waals surface area (Å²) in [5.74, 6) is 0.944. The summed E-state index contributed by atoms with van der Waals surface area (Å²) < 4.78 is 17.6. The van der Waals surface area contributed by atoms with Crippen LogP contribution in [0.3, 0.4) is 0 Å². The lowest BCUT2D eigenvalue weighted by Gasteiger charge is -2.14. The van der Waals surface area contributed by atoms with Gasteiger partial charge in [-0.25, -0.2) is 4.79 Å². The number of carbonyl (C=O) groups is 1. The zero-order chi connectivity index (χ0) is 32.7. The van der Waals surface area contributed by atoms with Gasteiger partial charge in [0.2, 0.25) is 0 Å². The molecular weight excluding hydrogens is 568 g/mol. The Labute approximate surface area is 280 Å². The van der Waals surface area contributed by atoms with Gasteiger partial charge in [-0.1, -0.05) is 147 Å². The summed E-state index contributed by atoms with van der Waals surface area (Å²) >= 11 is 0. The molecule has 0 N–H and O–H groups in total. The summed E-state index contributed by atoms with van der Waals surface area (Å²) in [6, 6.07) is 23.4. The zero-order valence-electron chi connectivity index (χ0n) is 29.1. The molecule has 0 aliphatic rings. The number of esters is 1. The monoisotopic (exact) mass is 628 g/mol. The maximum atomic E-state index is 12.7. The molecule has 0 aromatic heterocycles. The summed E-state index contributed by atoms with van der Waals surface area (Å²) in [6.07, 6.45) is 22.2. The van der Waals surface area contributed by atoms with Crippen molar-refractivity contribution in [2.24, 2.45) is 0 Å². The van der Waals surface area contributed by atoms with Crippen molar-refractivity contribution in [2.45, 2.75) is 136 Å². The first-order valence-corrected chi connectivity index (χ1v) is 18.4.